The van der Waals surface area contributed by atoms with Crippen LogP contribution in [0.2, 0.25) is 0 Å². The Morgan fingerprint density at radius 3 is 1.84 bits per heavy atom. The third-order valence-electron chi connectivity index (χ3n) is 3.37. The number of hydrogen-bond donors (Lipinski definition) is 1. The number of carbonyl (C=O) groups is 1. The predicted octanol–water partition coefficient (Wildman–Crippen LogP) is 4.37. The van der Waals surface area contributed by atoms with Gasteiger partial charge in [0.05, 0.1) is 0 Å². The van der Waals surface area contributed by atoms with Gasteiger partial charge in [-0.1, -0.05) is 37.3 Å². The molecule has 0 aliphatic carbocycles. The first kappa shape index (κ1) is 21.1. The summed E-state index contributed by atoms with van der Waals surface area (Å²) in [7, 11) is 0. The van der Waals surface area contributed by atoms with Crippen molar-refractivity contribution in [3.63, 3.8) is 0 Å². The summed E-state index contributed by atoms with van der Waals surface area (Å²) in [5.41, 5.74) is 0.499. The summed E-state index contributed by atoms with van der Waals surface area (Å²) >= 11 is 0. The molecule has 0 heterocycles. The fourth-order valence-corrected chi connectivity index (χ4v) is 1.77. The highest BCUT2D eigenvalue weighted by atomic mass is 19.4. The van der Waals surface area contributed by atoms with Gasteiger partial charge in [0.1, 0.15) is 0 Å². The lowest BCUT2D eigenvalue weighted by molar-refractivity contribution is -0.388. The normalized spacial score (nSPS) is 15.0. The summed E-state index contributed by atoms with van der Waals surface area (Å²) in [5.74, 6) is -23.9. The molecule has 0 saturated heterocycles. The second-order valence-electron chi connectivity index (χ2n) is 5.24. The highest BCUT2D eigenvalue weighted by Crippen LogP contribution is 2.53. The van der Waals surface area contributed by atoms with Crippen LogP contribution in [-0.2, 0) is 4.79 Å². The van der Waals surface area contributed by atoms with Crippen LogP contribution in [0.1, 0.15) is 18.4 Å². The van der Waals surface area contributed by atoms with E-state index in [1.54, 1.807) is 18.2 Å². The Balaban J connectivity index is 2.92. The van der Waals surface area contributed by atoms with E-state index in [0.29, 0.717) is 5.56 Å². The molecule has 0 bridgehead atoms. The number of rotatable bonds is 6. The monoisotopic (exact) mass is 381 g/mol. The summed E-state index contributed by atoms with van der Waals surface area (Å²) < 4.78 is 114. The molecule has 1 aromatic rings. The molecule has 1 atom stereocenters. The quantitative estimate of drug-likeness (QED) is 0.729. The van der Waals surface area contributed by atoms with Gasteiger partial charge in [0.15, 0.2) is 0 Å². The zero-order chi connectivity index (χ0) is 19.7. The van der Waals surface area contributed by atoms with Crippen LogP contribution in [0.3, 0.4) is 0 Å². The van der Waals surface area contributed by atoms with Gasteiger partial charge in [-0.15, -0.1) is 0 Å². The van der Waals surface area contributed by atoms with Crippen molar-refractivity contribution in [3.8, 4) is 0 Å². The van der Waals surface area contributed by atoms with Crippen molar-refractivity contribution >= 4 is 5.91 Å². The largest absolute Gasteiger partial charge is 0.460 e. The molecule has 2 nitrogen and oxygen atoms in total. The molecule has 1 aromatic carbocycles. The van der Waals surface area contributed by atoms with E-state index in [4.69, 9.17) is 0 Å². The number of nitrogens with one attached hydrogen (secondary N) is 1. The summed E-state index contributed by atoms with van der Waals surface area (Å²) in [6.45, 7) is 0.725. The van der Waals surface area contributed by atoms with Gasteiger partial charge >= 0.3 is 23.9 Å². The minimum atomic E-state index is -7.09. The van der Waals surface area contributed by atoms with Gasteiger partial charge in [0, 0.05) is 6.54 Å². The van der Waals surface area contributed by atoms with E-state index in [1.165, 1.54) is 24.4 Å². The van der Waals surface area contributed by atoms with Gasteiger partial charge in [0.2, 0.25) is 0 Å². The summed E-state index contributed by atoms with van der Waals surface area (Å²) in [5, 5.41) is 1.28. The van der Waals surface area contributed by atoms with Gasteiger partial charge in [-0.2, -0.15) is 39.5 Å². The summed E-state index contributed by atoms with van der Waals surface area (Å²) in [6.07, 6.45) is -6.96. The number of carbonyl (C=O) groups excluding carboxylic acids is 1. The number of alkyl halides is 9. The lowest BCUT2D eigenvalue weighted by atomic mass is 10.00. The topological polar surface area (TPSA) is 29.1 Å². The predicted molar refractivity (Wildman–Crippen MR) is 68.8 cm³/mol. The van der Waals surface area contributed by atoms with E-state index >= 15 is 0 Å². The molecule has 0 aliphatic rings. The van der Waals surface area contributed by atoms with Crippen LogP contribution in [0.25, 0.3) is 0 Å². The van der Waals surface area contributed by atoms with Crippen molar-refractivity contribution in [2.45, 2.75) is 36.8 Å². The van der Waals surface area contributed by atoms with Crippen molar-refractivity contribution in [1.82, 2.24) is 5.32 Å². The standard InChI is InChI=1S/C14H12F9NO/c1-8(9-5-3-2-4-6-9)7-24-10(25)11(15,16)12(17,18)13(19,20)14(21,22)23/h2-6,8H,7H2,1H3,(H,24,25)/t8-/m1/s1. The third-order valence-corrected chi connectivity index (χ3v) is 3.37. The SMILES string of the molecule is C[C@H](CNC(=O)C(F)(F)C(F)(F)C(F)(F)C(F)(F)F)c1ccccc1. The van der Waals surface area contributed by atoms with Crippen molar-refractivity contribution in [2.75, 3.05) is 6.54 Å². The Hall–Kier alpha value is -1.94. The molecule has 1 amide bonds. The third kappa shape index (κ3) is 3.84. The van der Waals surface area contributed by atoms with Gasteiger partial charge in [-0.3, -0.25) is 4.79 Å². The average Bonchev–Trinajstić information content (AvgIpc) is 2.51. The molecule has 0 unspecified atom stereocenters. The van der Waals surface area contributed by atoms with Crippen molar-refractivity contribution < 1.29 is 44.3 Å². The molecule has 0 fully saturated rings. The molecule has 0 aliphatic heterocycles. The molecule has 11 heteroatoms. The average molecular weight is 381 g/mol. The molecule has 0 saturated carbocycles. The first-order valence-electron chi connectivity index (χ1n) is 6.69. The second-order valence-corrected chi connectivity index (χ2v) is 5.24. The van der Waals surface area contributed by atoms with Crippen LogP contribution in [-0.4, -0.2) is 36.4 Å². The lowest BCUT2D eigenvalue weighted by Gasteiger charge is -2.32. The van der Waals surface area contributed by atoms with Crippen LogP contribution in [0.4, 0.5) is 39.5 Å². The van der Waals surface area contributed by atoms with Crippen LogP contribution in [0.15, 0.2) is 30.3 Å². The van der Waals surface area contributed by atoms with Crippen molar-refractivity contribution in [2.24, 2.45) is 0 Å². The van der Waals surface area contributed by atoms with Crippen LogP contribution >= 0.6 is 0 Å². The number of halogens is 9. The Morgan fingerprint density at radius 2 is 1.40 bits per heavy atom. The van der Waals surface area contributed by atoms with Crippen LogP contribution < -0.4 is 5.32 Å². The minimum Gasteiger partial charge on any atom is -0.350 e. The maximum atomic E-state index is 13.3. The Kier molecular flexibility index (Phi) is 5.70. The highest BCUT2D eigenvalue weighted by molar-refractivity contribution is 5.84. The van der Waals surface area contributed by atoms with E-state index in [9.17, 15) is 44.3 Å². The smallest absolute Gasteiger partial charge is 0.350 e. The van der Waals surface area contributed by atoms with Crippen LogP contribution in [0, 0.1) is 0 Å². The van der Waals surface area contributed by atoms with Gasteiger partial charge in [-0.05, 0) is 11.5 Å². The molecule has 0 radical (unpaired) electrons. The molecular weight excluding hydrogens is 369 g/mol. The van der Waals surface area contributed by atoms with E-state index < -0.39 is 42.3 Å². The maximum absolute atomic E-state index is 13.3. The van der Waals surface area contributed by atoms with E-state index in [1.807, 2.05) is 0 Å². The summed E-state index contributed by atoms with van der Waals surface area (Å²) in [6, 6.07) is 7.76. The van der Waals surface area contributed by atoms with Gasteiger partial charge in [-0.25, -0.2) is 0 Å². The number of amides is 1. The van der Waals surface area contributed by atoms with E-state index in [-0.39, 0.29) is 0 Å². The fraction of sp³-hybridized carbons (Fsp3) is 0.500. The van der Waals surface area contributed by atoms with E-state index in [2.05, 4.69) is 0 Å². The number of hydrogen-bond acceptors (Lipinski definition) is 1. The molecule has 142 valence electrons. The molecule has 25 heavy (non-hydrogen) atoms. The first-order chi connectivity index (χ1) is 11.2. The van der Waals surface area contributed by atoms with Gasteiger partial charge < -0.3 is 5.32 Å². The zero-order valence-electron chi connectivity index (χ0n) is 12.5. The first-order valence-corrected chi connectivity index (χ1v) is 6.69. The van der Waals surface area contributed by atoms with Gasteiger partial charge in [0.25, 0.3) is 5.91 Å². The molecule has 0 aromatic heterocycles. The Morgan fingerprint density at radius 1 is 0.920 bits per heavy atom. The minimum absolute atomic E-state index is 0.499. The second kappa shape index (κ2) is 6.75. The van der Waals surface area contributed by atoms with Crippen molar-refractivity contribution in [1.29, 1.82) is 0 Å². The fourth-order valence-electron chi connectivity index (χ4n) is 1.77. The van der Waals surface area contributed by atoms with Crippen molar-refractivity contribution in [3.05, 3.63) is 35.9 Å². The highest BCUT2D eigenvalue weighted by Gasteiger charge is 2.83. The lowest BCUT2D eigenvalue weighted by Crippen LogP contribution is -2.65. The van der Waals surface area contributed by atoms with Crippen LogP contribution in [0.5, 0.6) is 0 Å². The Bertz CT molecular complexity index is 598. The number of benzene rings is 1. The maximum Gasteiger partial charge on any atom is 0.460 e. The molecule has 1 N–H and O–H groups in total. The van der Waals surface area contributed by atoms with E-state index in [0.717, 1.165) is 0 Å². The molecule has 0 spiro atoms. The molecule has 1 rings (SSSR count). The molecular formula is C14H12F9NO. The summed E-state index contributed by atoms with van der Waals surface area (Å²) in [4.78, 5) is 11.2. The Labute approximate surface area is 136 Å². The zero-order valence-corrected chi connectivity index (χ0v) is 12.5.